The molecule has 36 heavy (non-hydrogen) atoms. The van der Waals surface area contributed by atoms with Gasteiger partial charge in [0.25, 0.3) is 5.91 Å². The van der Waals surface area contributed by atoms with Gasteiger partial charge in [-0.1, -0.05) is 37.3 Å². The fourth-order valence-corrected chi connectivity index (χ4v) is 5.86. The van der Waals surface area contributed by atoms with E-state index in [4.69, 9.17) is 4.98 Å². The van der Waals surface area contributed by atoms with Crippen LogP contribution in [0, 0.1) is 0 Å². The molecule has 0 saturated carbocycles. The molecule has 1 fully saturated rings. The second-order valence-electron chi connectivity index (χ2n) is 9.29. The largest absolute Gasteiger partial charge is 0.340 e. The van der Waals surface area contributed by atoms with Crippen LogP contribution < -0.4 is 10.6 Å². The van der Waals surface area contributed by atoms with Crippen LogP contribution in [0.2, 0.25) is 0 Å². The number of fused-ring (bicyclic) bond motifs is 1. The zero-order valence-corrected chi connectivity index (χ0v) is 21.3. The normalized spacial score (nSPS) is 16.4. The van der Waals surface area contributed by atoms with Crippen LogP contribution in [0.15, 0.2) is 65.7 Å². The topological polar surface area (TPSA) is 93.5 Å². The number of amides is 1. The molecule has 1 N–H and O–H groups in total. The van der Waals surface area contributed by atoms with Gasteiger partial charge in [0.2, 0.25) is 0 Å². The Morgan fingerprint density at radius 3 is 2.47 bits per heavy atom. The number of rotatable bonds is 6. The number of benzene rings is 2. The molecule has 185 valence electrons. The molecule has 1 aromatic heterocycles. The minimum atomic E-state index is -3.47. The highest BCUT2D eigenvalue weighted by Crippen LogP contribution is 2.34. The smallest absolute Gasteiger partial charge is 0.281 e. The Bertz CT molecular complexity index is 1420. The van der Waals surface area contributed by atoms with Crippen LogP contribution >= 0.6 is 0 Å². The highest BCUT2D eigenvalue weighted by atomic mass is 32.2. The maximum absolute atomic E-state index is 12.7. The molecule has 3 aromatic rings. The molecular weight excluding hydrogens is 472 g/mol. The van der Waals surface area contributed by atoms with Gasteiger partial charge in [0.1, 0.15) is 5.82 Å². The van der Waals surface area contributed by atoms with Crippen molar-refractivity contribution in [3.05, 3.63) is 77.5 Å². The summed E-state index contributed by atoms with van der Waals surface area (Å²) >= 11 is 0. The fourth-order valence-electron chi connectivity index (χ4n) is 4.96. The molecule has 8 heteroatoms. The van der Waals surface area contributed by atoms with E-state index >= 15 is 0 Å². The Hall–Kier alpha value is -3.49. The van der Waals surface area contributed by atoms with Crippen LogP contribution in [-0.4, -0.2) is 50.1 Å². The van der Waals surface area contributed by atoms with Crippen LogP contribution in [0.5, 0.6) is 0 Å². The number of hydrogen-bond acceptors (Lipinski definition) is 6. The number of pyridine rings is 1. The number of sulfone groups is 1. The van der Waals surface area contributed by atoms with E-state index in [2.05, 4.69) is 34.6 Å². The van der Waals surface area contributed by atoms with Crippen molar-refractivity contribution < 1.29 is 13.2 Å². The van der Waals surface area contributed by atoms with Crippen molar-refractivity contribution >= 4 is 33.3 Å². The van der Waals surface area contributed by atoms with Crippen molar-refractivity contribution in [1.29, 1.82) is 0 Å². The minimum absolute atomic E-state index is 0.192. The van der Waals surface area contributed by atoms with Gasteiger partial charge in [-0.3, -0.25) is 4.79 Å². The van der Waals surface area contributed by atoms with Gasteiger partial charge in [-0.05, 0) is 79.9 Å². The number of likely N-dealkylation sites (tertiary alicyclic amines) is 1. The standard InChI is InChI=1S/C28H29N4O3S/c1-3-32-16-13-20(14-17-32)19-8-10-22(11-9-19)30-27-26-21(12-15-29-28(26)33)18-24(31-27)23-6-4-5-7-25(23)36(2,34)35/h4-12,15,18,20H,3,13-14,16-17H2,1-2H3,(H,30,31). The Morgan fingerprint density at radius 2 is 1.78 bits per heavy atom. The van der Waals surface area contributed by atoms with Crippen molar-refractivity contribution in [1.82, 2.24) is 15.2 Å². The molecule has 2 aromatic carbocycles. The third-order valence-corrected chi connectivity index (χ3v) is 8.11. The molecule has 1 saturated heterocycles. The van der Waals surface area contributed by atoms with E-state index in [-0.39, 0.29) is 10.8 Å². The van der Waals surface area contributed by atoms with Crippen LogP contribution in [0.3, 0.4) is 0 Å². The average Bonchev–Trinajstić information content (AvgIpc) is 2.88. The number of nitrogens with zero attached hydrogens (tertiary/aromatic N) is 3. The quantitative estimate of drug-likeness (QED) is 0.520. The molecule has 0 atom stereocenters. The van der Waals surface area contributed by atoms with Gasteiger partial charge in [-0.15, -0.1) is 0 Å². The van der Waals surface area contributed by atoms with Gasteiger partial charge in [-0.2, -0.15) is 0 Å². The predicted octanol–water partition coefficient (Wildman–Crippen LogP) is 4.82. The first-order chi connectivity index (χ1) is 17.3. The van der Waals surface area contributed by atoms with E-state index in [0.29, 0.717) is 34.1 Å². The number of nitrogens with one attached hydrogen (secondary N) is 1. The Balaban J connectivity index is 1.49. The Kier molecular flexibility index (Phi) is 6.64. The lowest BCUT2D eigenvalue weighted by molar-refractivity contribution is 0.0965. The molecule has 0 unspecified atom stereocenters. The lowest BCUT2D eigenvalue weighted by atomic mass is 9.89. The van der Waals surface area contributed by atoms with Gasteiger partial charge in [0.05, 0.1) is 16.2 Å². The zero-order chi connectivity index (χ0) is 25.3. The molecule has 7 nitrogen and oxygen atoms in total. The molecule has 2 aliphatic rings. The molecule has 1 radical (unpaired) electrons. The summed E-state index contributed by atoms with van der Waals surface area (Å²) in [4.78, 5) is 20.1. The van der Waals surface area contributed by atoms with Crippen molar-refractivity contribution in [2.75, 3.05) is 31.2 Å². The Morgan fingerprint density at radius 1 is 1.06 bits per heavy atom. The summed E-state index contributed by atoms with van der Waals surface area (Å²) in [5, 5.41) is 7.22. The molecule has 0 spiro atoms. The van der Waals surface area contributed by atoms with Crippen LogP contribution in [-0.2, 0) is 9.84 Å². The van der Waals surface area contributed by atoms with Crippen molar-refractivity contribution in [2.45, 2.75) is 30.6 Å². The number of carbonyl (C=O) groups excluding carboxylic acids is 1. The third kappa shape index (κ3) is 4.92. The summed E-state index contributed by atoms with van der Waals surface area (Å²) < 4.78 is 24.8. The van der Waals surface area contributed by atoms with E-state index in [1.54, 1.807) is 36.4 Å². The van der Waals surface area contributed by atoms with E-state index in [1.807, 2.05) is 12.1 Å². The second-order valence-corrected chi connectivity index (χ2v) is 11.3. The second kappa shape index (κ2) is 9.87. The van der Waals surface area contributed by atoms with Gasteiger partial charge in [-0.25, -0.2) is 18.7 Å². The number of carbonyl (C=O) groups is 1. The predicted molar refractivity (Wildman–Crippen MR) is 142 cm³/mol. The van der Waals surface area contributed by atoms with Crippen LogP contribution in [0.25, 0.3) is 17.3 Å². The molecule has 0 bridgehead atoms. The number of hydrogen-bond donors (Lipinski definition) is 1. The lowest BCUT2D eigenvalue weighted by Crippen LogP contribution is -2.32. The summed E-state index contributed by atoms with van der Waals surface area (Å²) in [6.45, 7) is 5.55. The monoisotopic (exact) mass is 501 g/mol. The molecular formula is C28H29N4O3S. The van der Waals surface area contributed by atoms with E-state index in [9.17, 15) is 13.2 Å². The van der Waals surface area contributed by atoms with E-state index in [1.165, 1.54) is 18.0 Å². The number of piperidine rings is 1. The first-order valence-corrected chi connectivity index (χ1v) is 14.1. The average molecular weight is 502 g/mol. The fraction of sp³-hybridized carbons (Fsp3) is 0.286. The first kappa shape index (κ1) is 24.2. The summed E-state index contributed by atoms with van der Waals surface area (Å²) in [6.07, 6.45) is 6.68. The molecule has 3 heterocycles. The molecule has 1 amide bonds. The van der Waals surface area contributed by atoms with Gasteiger partial charge < -0.3 is 10.2 Å². The number of anilines is 2. The van der Waals surface area contributed by atoms with Crippen LogP contribution in [0.1, 0.15) is 47.2 Å². The minimum Gasteiger partial charge on any atom is -0.340 e. The Labute approximate surface area is 212 Å². The summed E-state index contributed by atoms with van der Waals surface area (Å²) in [5.74, 6) is 0.520. The summed E-state index contributed by atoms with van der Waals surface area (Å²) in [6, 6.07) is 16.8. The highest BCUT2D eigenvalue weighted by molar-refractivity contribution is 7.90. The molecule has 0 aliphatic carbocycles. The summed E-state index contributed by atoms with van der Waals surface area (Å²) in [5.41, 5.74) is 4.09. The molecule has 5 rings (SSSR count). The van der Waals surface area contributed by atoms with Crippen molar-refractivity contribution in [3.8, 4) is 11.3 Å². The van der Waals surface area contributed by atoms with Gasteiger partial charge in [0.15, 0.2) is 9.84 Å². The van der Waals surface area contributed by atoms with Crippen molar-refractivity contribution in [3.63, 3.8) is 0 Å². The van der Waals surface area contributed by atoms with E-state index in [0.717, 1.165) is 38.2 Å². The van der Waals surface area contributed by atoms with Gasteiger partial charge in [0, 0.05) is 23.7 Å². The summed E-state index contributed by atoms with van der Waals surface area (Å²) in [7, 11) is -3.47. The third-order valence-electron chi connectivity index (χ3n) is 6.95. The maximum Gasteiger partial charge on any atom is 0.281 e. The lowest BCUT2D eigenvalue weighted by Gasteiger charge is -2.31. The molecule has 2 aliphatic heterocycles. The van der Waals surface area contributed by atoms with Gasteiger partial charge >= 0.3 is 0 Å². The van der Waals surface area contributed by atoms with Crippen molar-refractivity contribution in [2.24, 2.45) is 0 Å². The van der Waals surface area contributed by atoms with E-state index < -0.39 is 9.84 Å². The first-order valence-electron chi connectivity index (χ1n) is 12.2. The number of aromatic nitrogens is 1. The maximum atomic E-state index is 12.7. The zero-order valence-electron chi connectivity index (χ0n) is 20.4. The highest BCUT2D eigenvalue weighted by Gasteiger charge is 2.24. The van der Waals surface area contributed by atoms with Crippen LogP contribution in [0.4, 0.5) is 11.5 Å². The SMILES string of the molecule is CCN1CCC(c2ccc(Nc3nc(-c4ccccc4S(C)(=O)=O)cc4c3C(=O)[N]C=C4)cc2)CC1.